The molecule has 0 spiro atoms. The zero-order valence-corrected chi connectivity index (χ0v) is 17.3. The minimum Gasteiger partial charge on any atom is -0.267 e. The van der Waals surface area contributed by atoms with Gasteiger partial charge in [-0.1, -0.05) is 30.3 Å². The number of hydrazone groups is 1. The van der Waals surface area contributed by atoms with Crippen molar-refractivity contribution in [1.82, 2.24) is 15.2 Å². The van der Waals surface area contributed by atoms with E-state index in [1.54, 1.807) is 35.0 Å². The number of amides is 1. The predicted octanol–water partition coefficient (Wildman–Crippen LogP) is 5.20. The lowest BCUT2D eigenvalue weighted by atomic mass is 10.1. The minimum atomic E-state index is -0.336. The lowest BCUT2D eigenvalue weighted by Crippen LogP contribution is -2.18. The second kappa shape index (κ2) is 8.84. The van der Waals surface area contributed by atoms with Crippen molar-refractivity contribution in [3.05, 3.63) is 106 Å². The van der Waals surface area contributed by atoms with E-state index in [0.29, 0.717) is 21.3 Å². The van der Waals surface area contributed by atoms with Crippen LogP contribution in [0.1, 0.15) is 15.9 Å². The smallest absolute Gasteiger partial charge is 0.267 e. The Balaban J connectivity index is 1.65. The maximum absolute atomic E-state index is 13.4. The van der Waals surface area contributed by atoms with Crippen LogP contribution in [-0.2, 0) is 0 Å². The Morgan fingerprint density at radius 2 is 1.70 bits per heavy atom. The molecule has 1 N–H and O–H groups in total. The van der Waals surface area contributed by atoms with E-state index in [1.807, 2.05) is 42.6 Å². The number of hydrogen-bond acceptors (Lipinski definition) is 3. The molecule has 0 saturated heterocycles. The van der Waals surface area contributed by atoms with E-state index in [4.69, 9.17) is 0 Å². The molecule has 1 aromatic heterocycles. The lowest BCUT2D eigenvalue weighted by molar-refractivity contribution is 0.0954. The third-order valence-electron chi connectivity index (χ3n) is 4.37. The van der Waals surface area contributed by atoms with Gasteiger partial charge >= 0.3 is 0 Å². The highest BCUT2D eigenvalue weighted by Gasteiger charge is 2.12. The van der Waals surface area contributed by atoms with Crippen molar-refractivity contribution in [1.29, 1.82) is 0 Å². The van der Waals surface area contributed by atoms with Gasteiger partial charge in [0.25, 0.3) is 5.91 Å². The van der Waals surface area contributed by atoms with Crippen LogP contribution in [0.4, 0.5) is 4.39 Å². The van der Waals surface area contributed by atoms with E-state index in [0.717, 1.165) is 11.3 Å². The molecule has 0 aliphatic rings. The molecule has 4 aromatic rings. The van der Waals surface area contributed by atoms with Crippen LogP contribution in [0.5, 0.6) is 0 Å². The number of para-hydroxylation sites is 1. The Morgan fingerprint density at radius 3 is 2.43 bits per heavy atom. The maximum Gasteiger partial charge on any atom is 0.272 e. The number of nitrogens with one attached hydrogen (secondary N) is 1. The summed E-state index contributed by atoms with van der Waals surface area (Å²) < 4.78 is 15.8. The summed E-state index contributed by atoms with van der Waals surface area (Å²) in [6.45, 7) is 0. The van der Waals surface area contributed by atoms with Gasteiger partial charge in [0, 0.05) is 21.8 Å². The lowest BCUT2D eigenvalue weighted by Gasteiger charge is -2.02. The van der Waals surface area contributed by atoms with Gasteiger partial charge in [-0.15, -0.1) is 0 Å². The Hall–Kier alpha value is -3.58. The molecule has 0 unspecified atom stereocenters. The van der Waals surface area contributed by atoms with Gasteiger partial charge in [0.15, 0.2) is 0 Å². The molecule has 1 amide bonds. The van der Waals surface area contributed by atoms with Crippen molar-refractivity contribution in [3.8, 4) is 16.9 Å². The predicted molar refractivity (Wildman–Crippen MR) is 118 cm³/mol. The van der Waals surface area contributed by atoms with Crippen LogP contribution >= 0.6 is 15.9 Å². The Morgan fingerprint density at radius 1 is 1.00 bits per heavy atom. The first kappa shape index (κ1) is 19.7. The number of halogens is 2. The summed E-state index contributed by atoms with van der Waals surface area (Å²) in [4.78, 5) is 12.4. The number of nitrogens with zero attached hydrogens (tertiary/aromatic N) is 3. The third kappa shape index (κ3) is 4.36. The Labute approximate surface area is 181 Å². The first-order chi connectivity index (χ1) is 14.6. The van der Waals surface area contributed by atoms with E-state index < -0.39 is 0 Å². The largest absolute Gasteiger partial charge is 0.272 e. The molecule has 5 nitrogen and oxygen atoms in total. The topological polar surface area (TPSA) is 59.3 Å². The molecule has 30 heavy (non-hydrogen) atoms. The fraction of sp³-hybridized carbons (Fsp3) is 0. The number of rotatable bonds is 5. The van der Waals surface area contributed by atoms with Crippen LogP contribution in [0.15, 0.2) is 94.6 Å². The van der Waals surface area contributed by atoms with E-state index in [9.17, 15) is 9.18 Å². The second-order valence-corrected chi connectivity index (χ2v) is 7.25. The van der Waals surface area contributed by atoms with Crippen molar-refractivity contribution in [3.63, 3.8) is 0 Å². The van der Waals surface area contributed by atoms with Gasteiger partial charge in [0.1, 0.15) is 11.5 Å². The van der Waals surface area contributed by atoms with Crippen LogP contribution in [-0.4, -0.2) is 21.9 Å². The molecule has 4 rings (SSSR count). The molecule has 1 heterocycles. The standard InChI is InChI=1S/C23H16BrFN4O/c24-21-9-5-4-8-20(21)23(30)27-26-14-17-15-29(19-6-2-1-3-7-19)28-22(17)16-10-12-18(25)13-11-16/h1-15H,(H,27,30)/b26-14-. The molecule has 0 radical (unpaired) electrons. The average molecular weight is 463 g/mol. The van der Waals surface area contributed by atoms with Gasteiger partial charge in [-0.25, -0.2) is 14.5 Å². The summed E-state index contributed by atoms with van der Waals surface area (Å²) in [5.74, 6) is -0.658. The SMILES string of the molecule is O=C(N/N=C\c1cn(-c2ccccc2)nc1-c1ccc(F)cc1)c1ccccc1Br. The molecular weight excluding hydrogens is 447 g/mol. The Kier molecular flexibility index (Phi) is 5.81. The van der Waals surface area contributed by atoms with Gasteiger partial charge in [-0.05, 0) is 64.5 Å². The van der Waals surface area contributed by atoms with Crippen LogP contribution in [0.25, 0.3) is 16.9 Å². The first-order valence-electron chi connectivity index (χ1n) is 9.11. The van der Waals surface area contributed by atoms with Crippen molar-refractivity contribution >= 4 is 28.1 Å². The maximum atomic E-state index is 13.4. The minimum absolute atomic E-state index is 0.322. The summed E-state index contributed by atoms with van der Waals surface area (Å²) in [5, 5.41) is 8.73. The number of hydrogen-bond donors (Lipinski definition) is 1. The van der Waals surface area contributed by atoms with Crippen molar-refractivity contribution in [2.45, 2.75) is 0 Å². The highest BCUT2D eigenvalue weighted by molar-refractivity contribution is 9.10. The quantitative estimate of drug-likeness (QED) is 0.327. The summed E-state index contributed by atoms with van der Waals surface area (Å²) in [6, 6.07) is 22.8. The molecule has 0 atom stereocenters. The van der Waals surface area contributed by atoms with Gasteiger partial charge in [0.05, 0.1) is 17.5 Å². The molecular formula is C23H16BrFN4O. The number of carbonyl (C=O) groups excluding carboxylic acids is 1. The number of benzene rings is 3. The molecule has 7 heteroatoms. The zero-order valence-electron chi connectivity index (χ0n) is 15.7. The van der Waals surface area contributed by atoms with Crippen LogP contribution < -0.4 is 5.43 Å². The zero-order chi connectivity index (χ0) is 20.9. The molecule has 0 aliphatic carbocycles. The fourth-order valence-corrected chi connectivity index (χ4v) is 3.36. The van der Waals surface area contributed by atoms with Crippen LogP contribution in [0, 0.1) is 5.82 Å². The van der Waals surface area contributed by atoms with Crippen LogP contribution in [0.3, 0.4) is 0 Å². The van der Waals surface area contributed by atoms with Crippen molar-refractivity contribution < 1.29 is 9.18 Å². The van der Waals surface area contributed by atoms with Gasteiger partial charge in [0.2, 0.25) is 0 Å². The van der Waals surface area contributed by atoms with Crippen LogP contribution in [0.2, 0.25) is 0 Å². The summed E-state index contributed by atoms with van der Waals surface area (Å²) >= 11 is 3.35. The second-order valence-electron chi connectivity index (χ2n) is 6.40. The highest BCUT2D eigenvalue weighted by Crippen LogP contribution is 2.23. The van der Waals surface area contributed by atoms with Gasteiger partial charge < -0.3 is 0 Å². The van der Waals surface area contributed by atoms with E-state index in [2.05, 4.69) is 31.6 Å². The molecule has 0 fully saturated rings. The molecule has 0 saturated carbocycles. The van der Waals surface area contributed by atoms with Gasteiger partial charge in [-0.3, -0.25) is 4.79 Å². The first-order valence-corrected chi connectivity index (χ1v) is 9.90. The van der Waals surface area contributed by atoms with E-state index in [1.165, 1.54) is 18.3 Å². The van der Waals surface area contributed by atoms with E-state index >= 15 is 0 Å². The van der Waals surface area contributed by atoms with Crippen molar-refractivity contribution in [2.75, 3.05) is 0 Å². The molecule has 0 aliphatic heterocycles. The third-order valence-corrected chi connectivity index (χ3v) is 5.06. The van der Waals surface area contributed by atoms with Crippen molar-refractivity contribution in [2.24, 2.45) is 5.10 Å². The molecule has 3 aromatic carbocycles. The normalized spacial score (nSPS) is 11.0. The summed E-state index contributed by atoms with van der Waals surface area (Å²) in [7, 11) is 0. The fourth-order valence-electron chi connectivity index (χ4n) is 2.89. The monoisotopic (exact) mass is 462 g/mol. The molecule has 148 valence electrons. The number of carbonyl (C=O) groups is 1. The number of aromatic nitrogens is 2. The summed E-state index contributed by atoms with van der Waals surface area (Å²) in [5.41, 5.74) is 5.92. The van der Waals surface area contributed by atoms with Gasteiger partial charge in [-0.2, -0.15) is 10.2 Å². The highest BCUT2D eigenvalue weighted by atomic mass is 79.9. The Bertz CT molecular complexity index is 1200. The summed E-state index contributed by atoms with van der Waals surface area (Å²) in [6.07, 6.45) is 3.34. The average Bonchev–Trinajstić information content (AvgIpc) is 3.19. The van der Waals surface area contributed by atoms with E-state index in [-0.39, 0.29) is 11.7 Å². The molecule has 0 bridgehead atoms.